The molecule has 146 valence electrons. The average Bonchev–Trinajstić information content (AvgIpc) is 3.26. The molecule has 1 aromatic rings. The second-order valence-electron chi connectivity index (χ2n) is 7.74. The van der Waals surface area contributed by atoms with Crippen LogP contribution in [0.5, 0.6) is 0 Å². The highest BCUT2D eigenvalue weighted by Crippen LogP contribution is 2.30. The maximum Gasteiger partial charge on any atom is 0.252 e. The monoisotopic (exact) mass is 421 g/mol. The van der Waals surface area contributed by atoms with Crippen LogP contribution in [-0.2, 0) is 10.0 Å². The van der Waals surface area contributed by atoms with E-state index in [1.54, 1.807) is 0 Å². The summed E-state index contributed by atoms with van der Waals surface area (Å²) >= 11 is 12.2. The lowest BCUT2D eigenvalue weighted by Crippen LogP contribution is -2.40. The highest BCUT2D eigenvalue weighted by atomic mass is 35.5. The summed E-state index contributed by atoms with van der Waals surface area (Å²) in [6.07, 6.45) is 1.61. The van der Waals surface area contributed by atoms with E-state index in [1.807, 2.05) is 32.8 Å². The number of sulfonamides is 1. The molecule has 1 fully saturated rings. The number of nitrogens with zero attached hydrogens (tertiary/aromatic N) is 1. The van der Waals surface area contributed by atoms with E-state index in [9.17, 15) is 13.2 Å². The lowest BCUT2D eigenvalue weighted by Gasteiger charge is -2.28. The number of hydrogen-bond acceptors (Lipinski definition) is 4. The van der Waals surface area contributed by atoms with Crippen LogP contribution in [0, 0.1) is 5.41 Å². The normalized spacial score (nSPS) is 15.3. The summed E-state index contributed by atoms with van der Waals surface area (Å²) in [7, 11) is 0.137. The van der Waals surface area contributed by atoms with Crippen molar-refractivity contribution in [3.63, 3.8) is 0 Å². The van der Waals surface area contributed by atoms with Crippen molar-refractivity contribution in [2.24, 2.45) is 5.41 Å². The molecule has 2 N–H and O–H groups in total. The standard InChI is InChI=1S/C17H25Cl2N3O3S/c1-17(2,10-22(3)4)9-20-16(23)12-7-15(14(19)8-13(12)18)26(24,25)21-11-5-6-11/h7-8,11,21H,5-6,9-10H2,1-4H3,(H,20,23). The van der Waals surface area contributed by atoms with E-state index in [0.717, 1.165) is 19.4 Å². The number of rotatable bonds is 8. The lowest BCUT2D eigenvalue weighted by molar-refractivity contribution is 0.0929. The molecular formula is C17H25Cl2N3O3S. The van der Waals surface area contributed by atoms with Crippen molar-refractivity contribution in [1.29, 1.82) is 0 Å². The maximum atomic E-state index is 12.6. The van der Waals surface area contributed by atoms with Crippen LogP contribution >= 0.6 is 23.2 Å². The van der Waals surface area contributed by atoms with Crippen LogP contribution in [0.25, 0.3) is 0 Å². The van der Waals surface area contributed by atoms with Gasteiger partial charge in [0, 0.05) is 19.1 Å². The molecule has 0 unspecified atom stereocenters. The summed E-state index contributed by atoms with van der Waals surface area (Å²) in [6.45, 7) is 5.27. The molecule has 1 saturated carbocycles. The Morgan fingerprint density at radius 1 is 1.23 bits per heavy atom. The number of hydrogen-bond donors (Lipinski definition) is 2. The molecule has 0 bridgehead atoms. The van der Waals surface area contributed by atoms with Crippen LogP contribution in [0.4, 0.5) is 0 Å². The van der Waals surface area contributed by atoms with Crippen LogP contribution in [0.3, 0.4) is 0 Å². The van der Waals surface area contributed by atoms with Crippen molar-refractivity contribution in [2.75, 3.05) is 27.2 Å². The van der Waals surface area contributed by atoms with E-state index < -0.39 is 15.9 Å². The largest absolute Gasteiger partial charge is 0.351 e. The van der Waals surface area contributed by atoms with Crippen LogP contribution in [-0.4, -0.2) is 52.5 Å². The summed E-state index contributed by atoms with van der Waals surface area (Å²) in [5.74, 6) is -0.429. The molecule has 0 aliphatic heterocycles. The molecule has 6 nitrogen and oxygen atoms in total. The molecule has 0 aromatic heterocycles. The van der Waals surface area contributed by atoms with Crippen molar-refractivity contribution in [2.45, 2.75) is 37.6 Å². The summed E-state index contributed by atoms with van der Waals surface area (Å²) in [5, 5.41) is 2.94. The predicted molar refractivity (Wildman–Crippen MR) is 104 cm³/mol. The van der Waals surface area contributed by atoms with Crippen molar-refractivity contribution >= 4 is 39.1 Å². The Kier molecular flexibility index (Phi) is 6.62. The summed E-state index contributed by atoms with van der Waals surface area (Å²) in [4.78, 5) is 14.5. The third-order valence-corrected chi connectivity index (χ3v) is 6.22. The van der Waals surface area contributed by atoms with Gasteiger partial charge in [0.1, 0.15) is 4.90 Å². The fourth-order valence-corrected chi connectivity index (χ4v) is 4.88. The second-order valence-corrected chi connectivity index (χ2v) is 10.2. The number of carbonyl (C=O) groups is 1. The zero-order valence-corrected chi connectivity index (χ0v) is 17.7. The van der Waals surface area contributed by atoms with Gasteiger partial charge in [-0.15, -0.1) is 0 Å². The molecule has 1 aliphatic carbocycles. The molecule has 2 rings (SSSR count). The summed E-state index contributed by atoms with van der Waals surface area (Å²) < 4.78 is 27.5. The zero-order chi connectivity index (χ0) is 19.7. The van der Waals surface area contributed by atoms with Gasteiger partial charge in [0.25, 0.3) is 5.91 Å². The Hall–Kier alpha value is -0.860. The van der Waals surface area contributed by atoms with E-state index in [-0.39, 0.29) is 32.0 Å². The summed E-state index contributed by atoms with van der Waals surface area (Å²) in [5.41, 5.74) is -0.0616. The Morgan fingerprint density at radius 3 is 2.38 bits per heavy atom. The van der Waals surface area contributed by atoms with Gasteiger partial charge >= 0.3 is 0 Å². The maximum absolute atomic E-state index is 12.6. The van der Waals surface area contributed by atoms with Gasteiger partial charge in [0.2, 0.25) is 10.0 Å². The molecule has 1 amide bonds. The molecule has 0 atom stereocenters. The minimum Gasteiger partial charge on any atom is -0.351 e. The minimum atomic E-state index is -3.79. The Bertz CT molecular complexity index is 791. The smallest absolute Gasteiger partial charge is 0.252 e. The molecule has 0 radical (unpaired) electrons. The first kappa shape index (κ1) is 21.4. The predicted octanol–water partition coefficient (Wildman–Crippen LogP) is 2.75. The molecule has 0 heterocycles. The molecule has 1 aromatic carbocycles. The lowest BCUT2D eigenvalue weighted by atomic mass is 9.93. The van der Waals surface area contributed by atoms with Crippen molar-refractivity contribution in [3.8, 4) is 0 Å². The van der Waals surface area contributed by atoms with Gasteiger partial charge in [-0.3, -0.25) is 4.79 Å². The molecule has 1 aliphatic rings. The Morgan fingerprint density at radius 2 is 1.85 bits per heavy atom. The van der Waals surface area contributed by atoms with Gasteiger partial charge in [-0.25, -0.2) is 13.1 Å². The van der Waals surface area contributed by atoms with Crippen LogP contribution in [0.1, 0.15) is 37.0 Å². The van der Waals surface area contributed by atoms with Gasteiger partial charge in [-0.1, -0.05) is 37.0 Å². The third kappa shape index (κ3) is 5.82. The topological polar surface area (TPSA) is 78.5 Å². The number of nitrogens with one attached hydrogen (secondary N) is 2. The molecular weight excluding hydrogens is 397 g/mol. The van der Waals surface area contributed by atoms with Crippen molar-refractivity contribution in [3.05, 3.63) is 27.7 Å². The van der Waals surface area contributed by atoms with Crippen molar-refractivity contribution < 1.29 is 13.2 Å². The fraction of sp³-hybridized carbons (Fsp3) is 0.588. The average molecular weight is 422 g/mol. The Labute approximate surface area is 165 Å². The first-order valence-electron chi connectivity index (χ1n) is 8.35. The first-order valence-corrected chi connectivity index (χ1v) is 10.6. The van der Waals surface area contributed by atoms with Gasteiger partial charge in [-0.05, 0) is 44.5 Å². The fourth-order valence-electron chi connectivity index (χ4n) is 2.72. The van der Waals surface area contributed by atoms with Crippen molar-refractivity contribution in [1.82, 2.24) is 14.9 Å². The van der Waals surface area contributed by atoms with E-state index in [0.29, 0.717) is 6.54 Å². The number of carbonyl (C=O) groups excluding carboxylic acids is 1. The zero-order valence-electron chi connectivity index (χ0n) is 15.4. The van der Waals surface area contributed by atoms with Gasteiger partial charge in [-0.2, -0.15) is 0 Å². The van der Waals surface area contributed by atoms with Crippen LogP contribution in [0.2, 0.25) is 10.0 Å². The van der Waals surface area contributed by atoms with E-state index in [1.165, 1.54) is 12.1 Å². The second kappa shape index (κ2) is 8.02. The molecule has 0 spiro atoms. The van der Waals surface area contributed by atoms with Gasteiger partial charge < -0.3 is 10.2 Å². The summed E-state index contributed by atoms with van der Waals surface area (Å²) in [6, 6.07) is 2.48. The van der Waals surface area contributed by atoms with Gasteiger partial charge in [0.05, 0.1) is 15.6 Å². The van der Waals surface area contributed by atoms with Crippen LogP contribution in [0.15, 0.2) is 17.0 Å². The molecule has 0 saturated heterocycles. The number of amides is 1. The third-order valence-electron chi connectivity index (χ3n) is 3.93. The number of halogens is 2. The Balaban J connectivity index is 2.20. The quantitative estimate of drug-likeness (QED) is 0.676. The number of benzene rings is 1. The molecule has 9 heteroatoms. The highest BCUT2D eigenvalue weighted by Gasteiger charge is 2.30. The van der Waals surface area contributed by atoms with Gasteiger partial charge in [0.15, 0.2) is 0 Å². The first-order chi connectivity index (χ1) is 11.9. The van der Waals surface area contributed by atoms with E-state index >= 15 is 0 Å². The minimum absolute atomic E-state index is 0.00682. The van der Waals surface area contributed by atoms with E-state index in [2.05, 4.69) is 10.0 Å². The van der Waals surface area contributed by atoms with E-state index in [4.69, 9.17) is 23.2 Å². The van der Waals surface area contributed by atoms with Crippen LogP contribution < -0.4 is 10.0 Å². The molecule has 26 heavy (non-hydrogen) atoms. The highest BCUT2D eigenvalue weighted by molar-refractivity contribution is 7.89. The SMILES string of the molecule is CN(C)CC(C)(C)CNC(=O)c1cc(S(=O)(=O)NC2CC2)c(Cl)cc1Cl.